The fourth-order valence-electron chi connectivity index (χ4n) is 1.94. The Morgan fingerprint density at radius 1 is 1.53 bits per heavy atom. The number of carbonyl (C=O) groups excluding carboxylic acids is 1. The molecule has 1 fully saturated rings. The highest BCUT2D eigenvalue weighted by molar-refractivity contribution is 6.28. The van der Waals surface area contributed by atoms with E-state index in [1.54, 1.807) is 6.20 Å². The number of hydrogen-bond acceptors (Lipinski definition) is 5. The molecule has 0 spiro atoms. The Balaban J connectivity index is 1.93. The van der Waals surface area contributed by atoms with Crippen LogP contribution in [0.4, 0.5) is 5.82 Å². The molecule has 0 atom stereocenters. The predicted molar refractivity (Wildman–Crippen MR) is 64.0 cm³/mol. The zero-order chi connectivity index (χ0) is 12.3. The first-order chi connectivity index (χ1) is 8.15. The number of halogens is 1. The average molecular weight is 256 g/mol. The van der Waals surface area contributed by atoms with Crippen LogP contribution in [0.1, 0.15) is 19.8 Å². The topological polar surface area (TPSA) is 55.3 Å². The first-order valence-electron chi connectivity index (χ1n) is 5.56. The van der Waals surface area contributed by atoms with Gasteiger partial charge in [0, 0.05) is 39.1 Å². The van der Waals surface area contributed by atoms with Gasteiger partial charge in [-0.15, -0.1) is 0 Å². The number of hydrogen-bond donors (Lipinski definition) is 0. The highest BCUT2D eigenvalue weighted by Gasteiger charge is 2.22. The molecule has 92 valence electrons. The van der Waals surface area contributed by atoms with Crippen LogP contribution in [0.15, 0.2) is 12.3 Å². The molecule has 0 aliphatic carbocycles. The Bertz CT molecular complexity index is 405. The maximum absolute atomic E-state index is 10.8. The molecule has 17 heavy (non-hydrogen) atoms. The minimum atomic E-state index is -0.214. The molecule has 2 rings (SSSR count). The number of rotatable bonds is 2. The van der Waals surface area contributed by atoms with Crippen LogP contribution >= 0.6 is 11.6 Å². The Labute approximate surface area is 105 Å². The van der Waals surface area contributed by atoms with Crippen LogP contribution in [0.5, 0.6) is 0 Å². The number of piperidine rings is 1. The van der Waals surface area contributed by atoms with Gasteiger partial charge in [-0.1, -0.05) is 0 Å². The highest BCUT2D eigenvalue weighted by Crippen LogP contribution is 2.20. The summed E-state index contributed by atoms with van der Waals surface area (Å²) in [7, 11) is 0. The van der Waals surface area contributed by atoms with Crippen molar-refractivity contribution < 1.29 is 9.53 Å². The highest BCUT2D eigenvalue weighted by atomic mass is 35.5. The van der Waals surface area contributed by atoms with E-state index in [-0.39, 0.29) is 17.4 Å². The Kier molecular flexibility index (Phi) is 3.78. The first kappa shape index (κ1) is 12.1. The lowest BCUT2D eigenvalue weighted by Gasteiger charge is -2.32. The van der Waals surface area contributed by atoms with Crippen molar-refractivity contribution in [3.05, 3.63) is 17.5 Å². The van der Waals surface area contributed by atoms with Crippen LogP contribution < -0.4 is 4.90 Å². The predicted octanol–water partition coefficient (Wildman–Crippen LogP) is 1.66. The van der Waals surface area contributed by atoms with Gasteiger partial charge in [-0.05, 0) is 17.7 Å². The van der Waals surface area contributed by atoms with Gasteiger partial charge in [0.1, 0.15) is 11.9 Å². The van der Waals surface area contributed by atoms with E-state index in [4.69, 9.17) is 16.3 Å². The Hall–Kier alpha value is -1.36. The molecule has 0 radical (unpaired) electrons. The summed E-state index contributed by atoms with van der Waals surface area (Å²) in [5, 5.41) is 0.254. The number of anilines is 1. The Morgan fingerprint density at radius 2 is 2.24 bits per heavy atom. The van der Waals surface area contributed by atoms with Crippen LogP contribution in [0, 0.1) is 0 Å². The number of aromatic nitrogens is 2. The lowest BCUT2D eigenvalue weighted by atomic mass is 10.1. The normalized spacial score (nSPS) is 16.9. The van der Waals surface area contributed by atoms with E-state index in [2.05, 4.69) is 14.9 Å². The molecule has 2 heterocycles. The summed E-state index contributed by atoms with van der Waals surface area (Å²) in [5.41, 5.74) is 0. The van der Waals surface area contributed by atoms with Crippen molar-refractivity contribution in [3.8, 4) is 0 Å². The lowest BCUT2D eigenvalue weighted by molar-refractivity contribution is -0.147. The van der Waals surface area contributed by atoms with E-state index < -0.39 is 0 Å². The lowest BCUT2D eigenvalue weighted by Crippen LogP contribution is -2.38. The van der Waals surface area contributed by atoms with Crippen LogP contribution in [0.3, 0.4) is 0 Å². The van der Waals surface area contributed by atoms with Gasteiger partial charge >= 0.3 is 5.97 Å². The fourth-order valence-corrected chi connectivity index (χ4v) is 2.08. The average Bonchev–Trinajstić information content (AvgIpc) is 2.29. The molecular formula is C11H14ClN3O2. The van der Waals surface area contributed by atoms with Crippen LogP contribution in [0.25, 0.3) is 0 Å². The summed E-state index contributed by atoms with van der Waals surface area (Å²) in [4.78, 5) is 21.0. The summed E-state index contributed by atoms with van der Waals surface area (Å²) in [6.45, 7) is 3.06. The minimum Gasteiger partial charge on any atom is -0.462 e. The number of ether oxygens (including phenoxy) is 1. The second-order valence-electron chi connectivity index (χ2n) is 3.98. The van der Waals surface area contributed by atoms with E-state index in [9.17, 15) is 4.79 Å². The molecule has 0 amide bonds. The Morgan fingerprint density at radius 3 is 2.82 bits per heavy atom. The standard InChI is InChI=1S/C11H14ClN3O2/c1-8(16)17-9-3-6-15(7-4-9)10-2-5-13-11(12)14-10/h2,5,9H,3-4,6-7H2,1H3. The summed E-state index contributed by atoms with van der Waals surface area (Å²) < 4.78 is 5.17. The van der Waals surface area contributed by atoms with Gasteiger partial charge in [0.2, 0.25) is 5.28 Å². The van der Waals surface area contributed by atoms with Crippen molar-refractivity contribution in [2.75, 3.05) is 18.0 Å². The van der Waals surface area contributed by atoms with Gasteiger partial charge in [0.25, 0.3) is 0 Å². The van der Waals surface area contributed by atoms with Crippen molar-refractivity contribution in [1.29, 1.82) is 0 Å². The summed E-state index contributed by atoms with van der Waals surface area (Å²) in [5.74, 6) is 0.611. The van der Waals surface area contributed by atoms with E-state index in [0.29, 0.717) is 0 Å². The van der Waals surface area contributed by atoms with Gasteiger partial charge in [0.05, 0.1) is 0 Å². The molecule has 0 aromatic carbocycles. The molecule has 1 aromatic heterocycles. The van der Waals surface area contributed by atoms with Crippen LogP contribution in [-0.2, 0) is 9.53 Å². The van der Waals surface area contributed by atoms with Gasteiger partial charge in [-0.2, -0.15) is 0 Å². The third-order valence-corrected chi connectivity index (χ3v) is 2.89. The summed E-state index contributed by atoms with van der Waals surface area (Å²) in [6, 6.07) is 1.83. The van der Waals surface area contributed by atoms with Crippen molar-refractivity contribution in [1.82, 2.24) is 9.97 Å². The second-order valence-corrected chi connectivity index (χ2v) is 4.32. The van der Waals surface area contributed by atoms with E-state index in [1.807, 2.05) is 6.07 Å². The number of carbonyl (C=O) groups is 1. The van der Waals surface area contributed by atoms with Crippen LogP contribution in [0.2, 0.25) is 5.28 Å². The summed E-state index contributed by atoms with van der Waals surface area (Å²) >= 11 is 5.74. The van der Waals surface area contributed by atoms with Crippen molar-refractivity contribution in [2.24, 2.45) is 0 Å². The van der Waals surface area contributed by atoms with Gasteiger partial charge in [-0.3, -0.25) is 4.79 Å². The first-order valence-corrected chi connectivity index (χ1v) is 5.93. The summed E-state index contributed by atoms with van der Waals surface area (Å²) in [6.07, 6.45) is 3.31. The molecule has 0 N–H and O–H groups in total. The zero-order valence-electron chi connectivity index (χ0n) is 9.60. The molecule has 1 aliphatic rings. The minimum absolute atomic E-state index is 0.0288. The van der Waals surface area contributed by atoms with E-state index >= 15 is 0 Å². The SMILES string of the molecule is CC(=O)OC1CCN(c2ccnc(Cl)n2)CC1. The van der Waals surface area contributed by atoms with Crippen molar-refractivity contribution in [2.45, 2.75) is 25.9 Å². The fraction of sp³-hybridized carbons (Fsp3) is 0.545. The number of esters is 1. The molecule has 1 saturated heterocycles. The second kappa shape index (κ2) is 5.31. The quantitative estimate of drug-likeness (QED) is 0.594. The monoisotopic (exact) mass is 255 g/mol. The molecule has 5 nitrogen and oxygen atoms in total. The molecule has 6 heteroatoms. The molecule has 1 aromatic rings. The maximum atomic E-state index is 10.8. The largest absolute Gasteiger partial charge is 0.462 e. The van der Waals surface area contributed by atoms with E-state index in [0.717, 1.165) is 31.7 Å². The van der Waals surface area contributed by atoms with Gasteiger partial charge in [-0.25, -0.2) is 9.97 Å². The van der Waals surface area contributed by atoms with Crippen molar-refractivity contribution >= 4 is 23.4 Å². The molecule has 0 saturated carbocycles. The van der Waals surface area contributed by atoms with E-state index in [1.165, 1.54) is 6.92 Å². The smallest absolute Gasteiger partial charge is 0.302 e. The third kappa shape index (κ3) is 3.30. The third-order valence-electron chi connectivity index (χ3n) is 2.71. The molecule has 0 unspecified atom stereocenters. The van der Waals surface area contributed by atoms with Crippen LogP contribution in [-0.4, -0.2) is 35.1 Å². The molecular weight excluding hydrogens is 242 g/mol. The maximum Gasteiger partial charge on any atom is 0.302 e. The molecule has 1 aliphatic heterocycles. The zero-order valence-corrected chi connectivity index (χ0v) is 10.4. The number of nitrogens with zero attached hydrogens (tertiary/aromatic N) is 3. The van der Waals surface area contributed by atoms with Crippen molar-refractivity contribution in [3.63, 3.8) is 0 Å². The van der Waals surface area contributed by atoms with Gasteiger partial charge < -0.3 is 9.64 Å². The van der Waals surface area contributed by atoms with Gasteiger partial charge in [0.15, 0.2) is 0 Å². The molecule has 0 bridgehead atoms.